The van der Waals surface area contributed by atoms with Gasteiger partial charge in [-0.3, -0.25) is 9.00 Å². The number of hydrogen-bond donors (Lipinski definition) is 1. The molecule has 1 unspecified atom stereocenters. The Morgan fingerprint density at radius 3 is 3.00 bits per heavy atom. The van der Waals surface area contributed by atoms with E-state index in [-0.39, 0.29) is 5.91 Å². The van der Waals surface area contributed by atoms with Crippen LogP contribution in [-0.2, 0) is 15.6 Å². The standard InChI is InChI=1S/C13H16N2O2S3/c1-20(17)8-4-7-14-12(16)9-18-13-15-10-5-2-3-6-11(10)19-13/h2-3,5-6H,4,7-9H2,1H3,(H,14,16). The smallest absolute Gasteiger partial charge is 0.230 e. The molecule has 0 saturated carbocycles. The Morgan fingerprint density at radius 1 is 1.45 bits per heavy atom. The van der Waals surface area contributed by atoms with Crippen molar-refractivity contribution in [3.63, 3.8) is 0 Å². The van der Waals surface area contributed by atoms with Crippen LogP contribution < -0.4 is 5.32 Å². The summed E-state index contributed by atoms with van der Waals surface area (Å²) in [4.78, 5) is 16.1. The highest BCUT2D eigenvalue weighted by Gasteiger charge is 2.07. The molecule has 1 atom stereocenters. The van der Waals surface area contributed by atoms with Crippen molar-refractivity contribution in [2.24, 2.45) is 0 Å². The Hall–Kier alpha value is -0.920. The van der Waals surface area contributed by atoms with E-state index in [9.17, 15) is 9.00 Å². The van der Waals surface area contributed by atoms with Crippen molar-refractivity contribution in [2.45, 2.75) is 10.8 Å². The SMILES string of the molecule is CS(=O)CCCNC(=O)CSc1nc2ccccc2s1. The fourth-order valence-corrected chi connectivity index (χ4v) is 4.04. The van der Waals surface area contributed by atoms with Crippen molar-refractivity contribution in [3.05, 3.63) is 24.3 Å². The molecule has 0 bridgehead atoms. The molecule has 0 aliphatic rings. The maximum atomic E-state index is 11.6. The quantitative estimate of drug-likeness (QED) is 0.626. The minimum atomic E-state index is -0.788. The van der Waals surface area contributed by atoms with Gasteiger partial charge in [0.1, 0.15) is 0 Å². The molecule has 2 aromatic rings. The molecular formula is C13H16N2O2S3. The first-order valence-electron chi connectivity index (χ1n) is 6.20. The van der Waals surface area contributed by atoms with Crippen LogP contribution in [0.1, 0.15) is 6.42 Å². The zero-order valence-electron chi connectivity index (χ0n) is 11.1. The van der Waals surface area contributed by atoms with Gasteiger partial charge in [0.25, 0.3) is 0 Å². The molecule has 0 saturated heterocycles. The van der Waals surface area contributed by atoms with Gasteiger partial charge >= 0.3 is 0 Å². The average molecular weight is 328 g/mol. The number of fused-ring (bicyclic) bond motifs is 1. The lowest BCUT2D eigenvalue weighted by molar-refractivity contribution is -0.118. The summed E-state index contributed by atoms with van der Waals surface area (Å²) in [6.07, 6.45) is 2.42. The van der Waals surface area contributed by atoms with Crippen LogP contribution in [0.15, 0.2) is 28.6 Å². The lowest BCUT2D eigenvalue weighted by Gasteiger charge is -2.02. The summed E-state index contributed by atoms with van der Waals surface area (Å²) in [5.41, 5.74) is 0.978. The van der Waals surface area contributed by atoms with E-state index in [0.29, 0.717) is 18.1 Å². The number of carbonyl (C=O) groups excluding carboxylic acids is 1. The van der Waals surface area contributed by atoms with Gasteiger partial charge in [-0.2, -0.15) is 0 Å². The van der Waals surface area contributed by atoms with Crippen LogP contribution in [0.25, 0.3) is 10.2 Å². The number of thiazole rings is 1. The Kier molecular flexibility index (Phi) is 6.00. The Morgan fingerprint density at radius 2 is 2.25 bits per heavy atom. The molecule has 0 aliphatic carbocycles. The van der Waals surface area contributed by atoms with Gasteiger partial charge in [0, 0.05) is 29.4 Å². The van der Waals surface area contributed by atoms with Crippen molar-refractivity contribution in [1.29, 1.82) is 0 Å². The summed E-state index contributed by atoms with van der Waals surface area (Å²) in [6, 6.07) is 7.95. The number of benzene rings is 1. The minimum Gasteiger partial charge on any atom is -0.355 e. The van der Waals surface area contributed by atoms with Crippen molar-refractivity contribution >= 4 is 50.0 Å². The van der Waals surface area contributed by atoms with Crippen molar-refractivity contribution in [2.75, 3.05) is 24.3 Å². The first-order chi connectivity index (χ1) is 9.65. The first-order valence-corrected chi connectivity index (χ1v) is 9.73. The summed E-state index contributed by atoms with van der Waals surface area (Å²) < 4.78 is 12.9. The number of rotatable bonds is 7. The van der Waals surface area contributed by atoms with Gasteiger partial charge in [0.2, 0.25) is 5.91 Å². The number of amides is 1. The third kappa shape index (κ3) is 4.88. The number of para-hydroxylation sites is 1. The van der Waals surface area contributed by atoms with Gasteiger partial charge in [-0.15, -0.1) is 11.3 Å². The molecular weight excluding hydrogens is 312 g/mol. The summed E-state index contributed by atoms with van der Waals surface area (Å²) in [6.45, 7) is 0.582. The van der Waals surface area contributed by atoms with Gasteiger partial charge in [-0.05, 0) is 18.6 Å². The van der Waals surface area contributed by atoms with Crippen molar-refractivity contribution in [3.8, 4) is 0 Å². The predicted molar refractivity (Wildman–Crippen MR) is 86.9 cm³/mol. The van der Waals surface area contributed by atoms with E-state index >= 15 is 0 Å². The molecule has 0 radical (unpaired) electrons. The maximum Gasteiger partial charge on any atom is 0.230 e. The Bertz CT molecular complexity index is 579. The molecule has 1 aromatic heterocycles. The van der Waals surface area contributed by atoms with E-state index < -0.39 is 10.8 Å². The van der Waals surface area contributed by atoms with Crippen LogP contribution >= 0.6 is 23.1 Å². The molecule has 1 amide bonds. The third-order valence-corrected chi connectivity index (χ3v) is 5.57. The van der Waals surface area contributed by atoms with Crippen LogP contribution in [0.3, 0.4) is 0 Å². The van der Waals surface area contributed by atoms with Gasteiger partial charge in [-0.25, -0.2) is 4.98 Å². The van der Waals surface area contributed by atoms with Crippen LogP contribution in [0.4, 0.5) is 0 Å². The first kappa shape index (κ1) is 15.5. The van der Waals surface area contributed by atoms with E-state index in [2.05, 4.69) is 10.3 Å². The number of thioether (sulfide) groups is 1. The second-order valence-electron chi connectivity index (χ2n) is 4.22. The number of aromatic nitrogens is 1. The van der Waals surface area contributed by atoms with E-state index in [1.54, 1.807) is 17.6 Å². The van der Waals surface area contributed by atoms with E-state index in [1.165, 1.54) is 11.8 Å². The highest BCUT2D eigenvalue weighted by atomic mass is 32.2. The summed E-state index contributed by atoms with van der Waals surface area (Å²) in [5.74, 6) is 0.997. The van der Waals surface area contributed by atoms with Crippen LogP contribution in [0.2, 0.25) is 0 Å². The largest absolute Gasteiger partial charge is 0.355 e. The molecule has 7 heteroatoms. The second kappa shape index (κ2) is 7.75. The molecule has 108 valence electrons. The topological polar surface area (TPSA) is 59.1 Å². The maximum absolute atomic E-state index is 11.6. The predicted octanol–water partition coefficient (Wildman–Crippen LogP) is 2.27. The Balaban J connectivity index is 1.74. The van der Waals surface area contributed by atoms with Crippen molar-refractivity contribution in [1.82, 2.24) is 10.3 Å². The fraction of sp³-hybridized carbons (Fsp3) is 0.385. The third-order valence-electron chi connectivity index (χ3n) is 2.53. The van der Waals surface area contributed by atoms with Crippen LogP contribution in [-0.4, -0.2) is 39.4 Å². The molecule has 4 nitrogen and oxygen atoms in total. The fourth-order valence-electron chi connectivity index (χ4n) is 1.59. The highest BCUT2D eigenvalue weighted by molar-refractivity contribution is 8.01. The molecule has 0 fully saturated rings. The number of carbonyl (C=O) groups is 1. The van der Waals surface area contributed by atoms with Gasteiger partial charge in [-0.1, -0.05) is 23.9 Å². The Labute approximate surface area is 128 Å². The molecule has 1 N–H and O–H groups in total. The summed E-state index contributed by atoms with van der Waals surface area (Å²) in [5, 5.41) is 2.82. The van der Waals surface area contributed by atoms with Gasteiger partial charge < -0.3 is 5.32 Å². The van der Waals surface area contributed by atoms with E-state index in [0.717, 1.165) is 21.0 Å². The van der Waals surface area contributed by atoms with E-state index in [4.69, 9.17) is 0 Å². The molecule has 2 rings (SSSR count). The lowest BCUT2D eigenvalue weighted by Crippen LogP contribution is -2.26. The monoisotopic (exact) mass is 328 g/mol. The lowest BCUT2D eigenvalue weighted by atomic mass is 10.3. The minimum absolute atomic E-state index is 0.00357. The molecule has 20 heavy (non-hydrogen) atoms. The highest BCUT2D eigenvalue weighted by Crippen LogP contribution is 2.28. The normalized spacial score (nSPS) is 12.4. The summed E-state index contributed by atoms with van der Waals surface area (Å²) in [7, 11) is -0.788. The van der Waals surface area contributed by atoms with Gasteiger partial charge in [0.05, 0.1) is 16.0 Å². The van der Waals surface area contributed by atoms with Crippen molar-refractivity contribution < 1.29 is 9.00 Å². The number of nitrogens with one attached hydrogen (secondary N) is 1. The second-order valence-corrected chi connectivity index (χ2v) is 8.02. The number of hydrogen-bond acceptors (Lipinski definition) is 5. The zero-order chi connectivity index (χ0) is 14.4. The molecule has 0 spiro atoms. The van der Waals surface area contributed by atoms with E-state index in [1.807, 2.05) is 24.3 Å². The van der Waals surface area contributed by atoms with Crippen LogP contribution in [0.5, 0.6) is 0 Å². The molecule has 1 heterocycles. The zero-order valence-corrected chi connectivity index (χ0v) is 13.6. The average Bonchev–Trinajstić information content (AvgIpc) is 2.84. The van der Waals surface area contributed by atoms with Crippen LogP contribution in [0, 0.1) is 0 Å². The molecule has 1 aromatic carbocycles. The summed E-state index contributed by atoms with van der Waals surface area (Å²) >= 11 is 3.06. The number of nitrogens with zero attached hydrogens (tertiary/aromatic N) is 1. The van der Waals surface area contributed by atoms with Gasteiger partial charge in [0.15, 0.2) is 4.34 Å². The molecule has 0 aliphatic heterocycles.